The zero-order valence-corrected chi connectivity index (χ0v) is 12.6. The van der Waals surface area contributed by atoms with E-state index in [1.54, 1.807) is 28.7 Å². The summed E-state index contributed by atoms with van der Waals surface area (Å²) in [5.41, 5.74) is 0.362. The molecule has 104 valence electrons. The van der Waals surface area contributed by atoms with Crippen molar-refractivity contribution < 1.29 is 19.1 Å². The first-order chi connectivity index (χ1) is 8.82. The lowest BCUT2D eigenvalue weighted by Gasteiger charge is -2.20. The van der Waals surface area contributed by atoms with Crippen LogP contribution in [-0.4, -0.2) is 35.6 Å². The van der Waals surface area contributed by atoms with Gasteiger partial charge < -0.3 is 15.3 Å². The molecule has 0 heterocycles. The summed E-state index contributed by atoms with van der Waals surface area (Å²) >= 11 is 1.80. The van der Waals surface area contributed by atoms with Crippen molar-refractivity contribution in [1.82, 2.24) is 4.90 Å². The van der Waals surface area contributed by atoms with Gasteiger partial charge in [-0.25, -0.2) is 9.18 Å². The molecule has 0 aromatic heterocycles. The molecular weight excluding hydrogens is 366 g/mol. The van der Waals surface area contributed by atoms with E-state index in [0.717, 1.165) is 0 Å². The third kappa shape index (κ3) is 4.34. The van der Waals surface area contributed by atoms with E-state index < -0.39 is 23.7 Å². The fourth-order valence-electron chi connectivity index (χ4n) is 1.38. The van der Waals surface area contributed by atoms with Crippen LogP contribution in [0.1, 0.15) is 6.92 Å². The number of amides is 2. The topological polar surface area (TPSA) is 69.6 Å². The number of nitrogens with one attached hydrogen (secondary N) is 1. The van der Waals surface area contributed by atoms with Gasteiger partial charge in [-0.3, -0.25) is 4.79 Å². The first-order valence-corrected chi connectivity index (χ1v) is 6.59. The Morgan fingerprint density at radius 3 is 2.74 bits per heavy atom. The molecule has 0 fully saturated rings. The van der Waals surface area contributed by atoms with Gasteiger partial charge in [0.1, 0.15) is 5.82 Å². The van der Waals surface area contributed by atoms with Crippen LogP contribution in [-0.2, 0) is 4.79 Å². The van der Waals surface area contributed by atoms with Gasteiger partial charge >= 0.3 is 12.0 Å². The van der Waals surface area contributed by atoms with Crippen molar-refractivity contribution in [1.29, 1.82) is 0 Å². The van der Waals surface area contributed by atoms with Gasteiger partial charge in [-0.2, -0.15) is 0 Å². The summed E-state index contributed by atoms with van der Waals surface area (Å²) in [6.07, 6.45) is 0. The van der Waals surface area contributed by atoms with Crippen molar-refractivity contribution in [2.75, 3.05) is 18.9 Å². The van der Waals surface area contributed by atoms with Crippen molar-refractivity contribution >= 4 is 40.3 Å². The lowest BCUT2D eigenvalue weighted by molar-refractivity contribution is -0.141. The molecule has 1 atom stereocenters. The fraction of sp³-hybridized carbons (Fsp3) is 0.333. The number of carboxylic acids is 1. The summed E-state index contributed by atoms with van der Waals surface area (Å²) in [6.45, 7) is 1.59. The number of anilines is 1. The number of halogens is 2. The van der Waals surface area contributed by atoms with E-state index in [1.165, 1.54) is 31.0 Å². The molecule has 19 heavy (non-hydrogen) atoms. The molecular formula is C12H14FIN2O3. The van der Waals surface area contributed by atoms with E-state index >= 15 is 0 Å². The summed E-state index contributed by atoms with van der Waals surface area (Å²) in [5.74, 6) is -2.05. The molecule has 1 aromatic rings. The normalized spacial score (nSPS) is 11.8. The van der Waals surface area contributed by atoms with Crippen LogP contribution in [0.15, 0.2) is 18.2 Å². The number of hydrogen-bond donors (Lipinski definition) is 2. The van der Waals surface area contributed by atoms with Crippen LogP contribution in [0.3, 0.4) is 0 Å². The average Bonchev–Trinajstić information content (AvgIpc) is 2.34. The molecule has 0 radical (unpaired) electrons. The zero-order chi connectivity index (χ0) is 14.6. The van der Waals surface area contributed by atoms with E-state index in [4.69, 9.17) is 5.11 Å². The number of hydrogen-bond acceptors (Lipinski definition) is 2. The van der Waals surface area contributed by atoms with Gasteiger partial charge in [0.05, 0.1) is 15.2 Å². The first kappa shape index (κ1) is 15.7. The molecule has 0 aliphatic rings. The Balaban J connectivity index is 2.69. The van der Waals surface area contributed by atoms with E-state index in [1.807, 2.05) is 0 Å². The van der Waals surface area contributed by atoms with Crippen LogP contribution in [0, 0.1) is 15.3 Å². The Labute approximate surface area is 123 Å². The first-order valence-electron chi connectivity index (χ1n) is 5.52. The molecule has 7 heteroatoms. The number of carbonyl (C=O) groups excluding carboxylic acids is 1. The van der Waals surface area contributed by atoms with Crippen molar-refractivity contribution in [2.24, 2.45) is 5.92 Å². The largest absolute Gasteiger partial charge is 0.481 e. The SMILES string of the molecule is CC(CN(C)C(=O)Nc1cccc(F)c1I)C(=O)O. The van der Waals surface area contributed by atoms with Crippen molar-refractivity contribution in [3.8, 4) is 0 Å². The Morgan fingerprint density at radius 2 is 2.16 bits per heavy atom. The Hall–Kier alpha value is -1.38. The number of carbonyl (C=O) groups is 2. The molecule has 1 aromatic carbocycles. The Bertz CT molecular complexity index is 496. The van der Waals surface area contributed by atoms with Gasteiger partial charge in [-0.1, -0.05) is 13.0 Å². The quantitative estimate of drug-likeness (QED) is 0.790. The highest BCUT2D eigenvalue weighted by molar-refractivity contribution is 14.1. The monoisotopic (exact) mass is 380 g/mol. The third-order valence-corrected chi connectivity index (χ3v) is 3.61. The number of benzene rings is 1. The second kappa shape index (κ2) is 6.69. The molecule has 0 spiro atoms. The van der Waals surface area contributed by atoms with Crippen molar-refractivity contribution in [3.05, 3.63) is 27.6 Å². The fourth-order valence-corrected chi connectivity index (χ4v) is 1.88. The van der Waals surface area contributed by atoms with Crippen LogP contribution in [0.4, 0.5) is 14.9 Å². The predicted octanol–water partition coefficient (Wildman–Crippen LogP) is 2.61. The van der Waals surface area contributed by atoms with Crippen LogP contribution in [0.5, 0.6) is 0 Å². The minimum Gasteiger partial charge on any atom is -0.481 e. The molecule has 2 N–H and O–H groups in total. The molecule has 0 aliphatic carbocycles. The number of carboxylic acid groups (broad SMARTS) is 1. The summed E-state index contributed by atoms with van der Waals surface area (Å²) < 4.78 is 13.6. The maximum Gasteiger partial charge on any atom is 0.321 e. The van der Waals surface area contributed by atoms with Crippen LogP contribution in [0.25, 0.3) is 0 Å². The molecule has 2 amide bonds. The molecule has 0 aliphatic heterocycles. The van der Waals surface area contributed by atoms with Gasteiger partial charge in [0.2, 0.25) is 0 Å². The van der Waals surface area contributed by atoms with Crippen LogP contribution < -0.4 is 5.32 Å². The van der Waals surface area contributed by atoms with Gasteiger partial charge in [0, 0.05) is 13.6 Å². The van der Waals surface area contributed by atoms with Crippen molar-refractivity contribution in [3.63, 3.8) is 0 Å². The average molecular weight is 380 g/mol. The lowest BCUT2D eigenvalue weighted by Crippen LogP contribution is -2.36. The molecule has 5 nitrogen and oxygen atoms in total. The maximum atomic E-state index is 13.3. The number of aliphatic carboxylic acids is 1. The standard InChI is InChI=1S/C12H14FIN2O3/c1-7(11(17)18)6-16(2)12(19)15-9-5-3-4-8(13)10(9)14/h3-5,7H,6H2,1-2H3,(H,15,19)(H,17,18). The third-order valence-electron chi connectivity index (χ3n) is 2.51. The highest BCUT2D eigenvalue weighted by Crippen LogP contribution is 2.21. The minimum absolute atomic E-state index is 0.0764. The molecule has 0 saturated heterocycles. The molecule has 1 rings (SSSR count). The highest BCUT2D eigenvalue weighted by Gasteiger charge is 2.18. The van der Waals surface area contributed by atoms with E-state index in [0.29, 0.717) is 9.26 Å². The van der Waals surface area contributed by atoms with Crippen LogP contribution >= 0.6 is 22.6 Å². The summed E-state index contributed by atoms with van der Waals surface area (Å²) in [7, 11) is 1.49. The Morgan fingerprint density at radius 1 is 1.53 bits per heavy atom. The Kier molecular flexibility index (Phi) is 5.52. The second-order valence-corrected chi connectivity index (χ2v) is 5.23. The molecule has 0 bridgehead atoms. The number of rotatable bonds is 4. The smallest absolute Gasteiger partial charge is 0.321 e. The lowest BCUT2D eigenvalue weighted by atomic mass is 10.2. The summed E-state index contributed by atoms with van der Waals surface area (Å²) in [6, 6.07) is 3.90. The predicted molar refractivity (Wildman–Crippen MR) is 77.6 cm³/mol. The van der Waals surface area contributed by atoms with Gasteiger partial charge in [-0.05, 0) is 34.7 Å². The molecule has 1 unspecified atom stereocenters. The summed E-state index contributed by atoms with van der Waals surface area (Å²) in [4.78, 5) is 23.8. The maximum absolute atomic E-state index is 13.3. The highest BCUT2D eigenvalue weighted by atomic mass is 127. The zero-order valence-electron chi connectivity index (χ0n) is 10.5. The minimum atomic E-state index is -0.972. The van der Waals surface area contributed by atoms with Gasteiger partial charge in [0.25, 0.3) is 0 Å². The number of nitrogens with zero attached hydrogens (tertiary/aromatic N) is 1. The number of urea groups is 1. The van der Waals surface area contributed by atoms with Gasteiger partial charge in [-0.15, -0.1) is 0 Å². The van der Waals surface area contributed by atoms with E-state index in [-0.39, 0.29) is 6.54 Å². The van der Waals surface area contributed by atoms with E-state index in [9.17, 15) is 14.0 Å². The van der Waals surface area contributed by atoms with Crippen molar-refractivity contribution in [2.45, 2.75) is 6.92 Å². The summed E-state index contributed by atoms with van der Waals surface area (Å²) in [5, 5.41) is 11.3. The van der Waals surface area contributed by atoms with E-state index in [2.05, 4.69) is 5.32 Å². The van der Waals surface area contributed by atoms with Gasteiger partial charge in [0.15, 0.2) is 0 Å². The van der Waals surface area contributed by atoms with Crippen LogP contribution in [0.2, 0.25) is 0 Å². The second-order valence-electron chi connectivity index (χ2n) is 4.15. The molecule has 0 saturated carbocycles.